The van der Waals surface area contributed by atoms with Gasteiger partial charge in [-0.1, -0.05) is 5.16 Å². The summed E-state index contributed by atoms with van der Waals surface area (Å²) in [5.74, 6) is 0.427. The van der Waals surface area contributed by atoms with Crippen molar-refractivity contribution in [3.63, 3.8) is 0 Å². The molecule has 3 aromatic heterocycles. The number of nitriles is 1. The first kappa shape index (κ1) is 22.5. The van der Waals surface area contributed by atoms with Gasteiger partial charge in [0.25, 0.3) is 5.89 Å². The van der Waals surface area contributed by atoms with Crippen LogP contribution in [0, 0.1) is 25.2 Å². The van der Waals surface area contributed by atoms with Crippen LogP contribution in [0.4, 0.5) is 0 Å². The number of pyridine rings is 1. The maximum atomic E-state index is 12.5. The van der Waals surface area contributed by atoms with Gasteiger partial charge < -0.3 is 18.6 Å². The third kappa shape index (κ3) is 4.71. The highest BCUT2D eigenvalue weighted by Crippen LogP contribution is 2.24. The van der Waals surface area contributed by atoms with Gasteiger partial charge in [0.05, 0.1) is 7.11 Å². The topological polar surface area (TPSA) is 116 Å². The number of hydrogen-bond donors (Lipinski definition) is 0. The fourth-order valence-electron chi connectivity index (χ4n) is 3.49. The Morgan fingerprint density at radius 2 is 2.03 bits per heavy atom. The molecule has 1 aromatic carbocycles. The van der Waals surface area contributed by atoms with Crippen molar-refractivity contribution in [3.05, 3.63) is 83.3 Å². The minimum atomic E-state index is -0.780. The van der Waals surface area contributed by atoms with Crippen molar-refractivity contribution in [2.45, 2.75) is 20.5 Å². The predicted molar refractivity (Wildman–Crippen MR) is 123 cm³/mol. The van der Waals surface area contributed by atoms with E-state index < -0.39 is 5.97 Å². The molecule has 170 valence electrons. The number of aryl methyl sites for hydroxylation is 1. The van der Waals surface area contributed by atoms with E-state index in [1.165, 1.54) is 6.08 Å². The molecule has 4 rings (SSSR count). The number of methoxy groups -OCH3 is 1. The van der Waals surface area contributed by atoms with Gasteiger partial charge in [0.15, 0.2) is 6.61 Å². The molecule has 0 unspecified atom stereocenters. The van der Waals surface area contributed by atoms with Crippen LogP contribution in [0.2, 0.25) is 0 Å². The van der Waals surface area contributed by atoms with Crippen molar-refractivity contribution in [3.8, 4) is 28.9 Å². The van der Waals surface area contributed by atoms with Gasteiger partial charge in [0, 0.05) is 35.0 Å². The quantitative estimate of drug-likeness (QED) is 0.231. The lowest BCUT2D eigenvalue weighted by Crippen LogP contribution is -2.07. The summed E-state index contributed by atoms with van der Waals surface area (Å²) in [4.78, 5) is 20.7. The van der Waals surface area contributed by atoms with Crippen molar-refractivity contribution in [1.29, 1.82) is 5.26 Å². The number of ether oxygens (including phenoxy) is 2. The Kier molecular flexibility index (Phi) is 6.50. The monoisotopic (exact) mass is 455 g/mol. The summed E-state index contributed by atoms with van der Waals surface area (Å²) >= 11 is 0. The average molecular weight is 455 g/mol. The van der Waals surface area contributed by atoms with Gasteiger partial charge >= 0.3 is 5.97 Å². The number of benzene rings is 1. The summed E-state index contributed by atoms with van der Waals surface area (Å²) in [7, 11) is 1.62. The van der Waals surface area contributed by atoms with Gasteiger partial charge in [0.1, 0.15) is 17.4 Å². The number of carbonyl (C=O) groups excluding carboxylic acids is 1. The van der Waals surface area contributed by atoms with Gasteiger partial charge in [-0.05, 0) is 68.0 Å². The molecule has 4 aromatic rings. The number of carbonyl (C=O) groups is 1. The molecule has 0 saturated carbocycles. The fourth-order valence-corrected chi connectivity index (χ4v) is 3.49. The van der Waals surface area contributed by atoms with Crippen LogP contribution >= 0.6 is 0 Å². The lowest BCUT2D eigenvalue weighted by molar-refractivity contribution is -0.140. The normalized spacial score (nSPS) is 11.2. The van der Waals surface area contributed by atoms with Crippen molar-refractivity contribution in [2.75, 3.05) is 7.11 Å². The maximum Gasteiger partial charge on any atom is 0.349 e. The summed E-state index contributed by atoms with van der Waals surface area (Å²) in [5, 5.41) is 13.4. The van der Waals surface area contributed by atoms with E-state index in [-0.39, 0.29) is 18.1 Å². The standard InChI is InChI=1S/C25H21N5O4/c1-16-11-19(17(2)30(16)21-6-8-22(32-3)9-7-21)12-20(13-26)25(31)33-15-23-28-24(29-34-23)18-5-4-10-27-14-18/h4-12,14H,15H2,1-3H3/b20-12+. The van der Waals surface area contributed by atoms with Gasteiger partial charge in [0.2, 0.25) is 5.82 Å². The Balaban J connectivity index is 1.49. The minimum absolute atomic E-state index is 0.113. The number of esters is 1. The Labute approximate surface area is 195 Å². The molecule has 9 nitrogen and oxygen atoms in total. The molecular weight excluding hydrogens is 434 g/mol. The third-order valence-electron chi connectivity index (χ3n) is 5.16. The highest BCUT2D eigenvalue weighted by Gasteiger charge is 2.17. The lowest BCUT2D eigenvalue weighted by Gasteiger charge is -2.10. The second kappa shape index (κ2) is 9.83. The second-order valence-electron chi connectivity index (χ2n) is 7.36. The predicted octanol–water partition coefficient (Wildman–Crippen LogP) is 4.20. The van der Waals surface area contributed by atoms with E-state index in [1.54, 1.807) is 31.6 Å². The van der Waals surface area contributed by atoms with Crippen molar-refractivity contribution in [2.24, 2.45) is 0 Å². The summed E-state index contributed by atoms with van der Waals surface area (Å²) in [6.45, 7) is 3.62. The van der Waals surface area contributed by atoms with Gasteiger partial charge in [-0.2, -0.15) is 10.2 Å². The van der Waals surface area contributed by atoms with Crippen LogP contribution in [-0.4, -0.2) is 32.8 Å². The van der Waals surface area contributed by atoms with Crippen LogP contribution in [0.1, 0.15) is 22.8 Å². The van der Waals surface area contributed by atoms with E-state index in [1.807, 2.05) is 54.8 Å². The smallest absolute Gasteiger partial charge is 0.349 e. The van der Waals surface area contributed by atoms with Gasteiger partial charge in [-0.3, -0.25) is 4.98 Å². The molecule has 0 amide bonds. The molecule has 0 N–H and O–H groups in total. The molecular formula is C25H21N5O4. The molecule has 3 heterocycles. The molecule has 0 saturated heterocycles. The summed E-state index contributed by atoms with van der Waals surface area (Å²) < 4.78 is 17.6. The maximum absolute atomic E-state index is 12.5. The molecule has 9 heteroatoms. The largest absolute Gasteiger partial charge is 0.497 e. The first-order valence-corrected chi connectivity index (χ1v) is 10.4. The minimum Gasteiger partial charge on any atom is -0.497 e. The zero-order chi connectivity index (χ0) is 24.1. The Morgan fingerprint density at radius 1 is 1.24 bits per heavy atom. The van der Waals surface area contributed by atoms with Crippen LogP contribution in [0.3, 0.4) is 0 Å². The van der Waals surface area contributed by atoms with Crippen LogP contribution in [0.5, 0.6) is 5.75 Å². The first-order valence-electron chi connectivity index (χ1n) is 10.4. The number of hydrogen-bond acceptors (Lipinski definition) is 8. The molecule has 0 radical (unpaired) electrons. The summed E-state index contributed by atoms with van der Waals surface area (Å²) in [6.07, 6.45) is 4.75. The molecule has 0 aliphatic rings. The Morgan fingerprint density at radius 3 is 2.71 bits per heavy atom. The van der Waals surface area contributed by atoms with Gasteiger partial charge in [-0.25, -0.2) is 4.79 Å². The average Bonchev–Trinajstić information content (AvgIpc) is 3.45. The summed E-state index contributed by atoms with van der Waals surface area (Å²) in [5.41, 5.74) is 4.04. The molecule has 0 fully saturated rings. The van der Waals surface area contributed by atoms with E-state index in [4.69, 9.17) is 14.0 Å². The Hall–Kier alpha value is -4.71. The molecule has 0 aliphatic carbocycles. The van der Waals surface area contributed by atoms with E-state index in [0.29, 0.717) is 11.4 Å². The van der Waals surface area contributed by atoms with Crippen LogP contribution in [0.15, 0.2) is 65.0 Å². The second-order valence-corrected chi connectivity index (χ2v) is 7.36. The molecule has 0 spiro atoms. The molecule has 0 aliphatic heterocycles. The zero-order valence-corrected chi connectivity index (χ0v) is 18.8. The highest BCUT2D eigenvalue weighted by molar-refractivity contribution is 5.98. The fraction of sp³-hybridized carbons (Fsp3) is 0.160. The van der Waals surface area contributed by atoms with E-state index in [0.717, 1.165) is 28.4 Å². The third-order valence-corrected chi connectivity index (χ3v) is 5.16. The molecule has 0 bridgehead atoms. The van der Waals surface area contributed by atoms with Crippen LogP contribution in [-0.2, 0) is 16.1 Å². The van der Waals surface area contributed by atoms with E-state index in [9.17, 15) is 10.1 Å². The number of aromatic nitrogens is 4. The number of nitrogens with zero attached hydrogens (tertiary/aromatic N) is 5. The summed E-state index contributed by atoms with van der Waals surface area (Å²) in [6, 6.07) is 15.0. The SMILES string of the molecule is COc1ccc(-n2c(C)cc(/C=C(\C#N)C(=O)OCc3nc(-c4cccnc4)no3)c2C)cc1. The lowest BCUT2D eigenvalue weighted by atomic mass is 10.1. The number of rotatable bonds is 7. The zero-order valence-electron chi connectivity index (χ0n) is 18.8. The van der Waals surface area contributed by atoms with E-state index >= 15 is 0 Å². The molecule has 34 heavy (non-hydrogen) atoms. The van der Waals surface area contributed by atoms with Crippen LogP contribution in [0.25, 0.3) is 23.2 Å². The van der Waals surface area contributed by atoms with Gasteiger partial charge in [-0.15, -0.1) is 0 Å². The first-order chi connectivity index (χ1) is 16.5. The Bertz CT molecular complexity index is 1380. The van der Waals surface area contributed by atoms with Crippen molar-refractivity contribution in [1.82, 2.24) is 19.7 Å². The molecule has 0 atom stereocenters. The van der Waals surface area contributed by atoms with Crippen molar-refractivity contribution < 1.29 is 18.8 Å². The highest BCUT2D eigenvalue weighted by atomic mass is 16.6. The van der Waals surface area contributed by atoms with Crippen LogP contribution < -0.4 is 4.74 Å². The van der Waals surface area contributed by atoms with E-state index in [2.05, 4.69) is 15.1 Å². The van der Waals surface area contributed by atoms with Crippen molar-refractivity contribution >= 4 is 12.0 Å².